The van der Waals surface area contributed by atoms with E-state index in [1.807, 2.05) is 0 Å². The van der Waals surface area contributed by atoms with Crippen LogP contribution >= 0.6 is 0 Å². The number of carbonyl (C=O) groups excluding carboxylic acids is 1. The number of hydrogen-bond acceptors (Lipinski definition) is 3. The van der Waals surface area contributed by atoms with Crippen LogP contribution in [0.2, 0.25) is 0 Å². The van der Waals surface area contributed by atoms with E-state index in [2.05, 4.69) is 6.92 Å². The lowest BCUT2D eigenvalue weighted by atomic mass is 10.1. The van der Waals surface area contributed by atoms with Crippen molar-refractivity contribution in [3.63, 3.8) is 0 Å². The molecule has 0 saturated carbocycles. The van der Waals surface area contributed by atoms with Gasteiger partial charge in [-0.05, 0) is 26.2 Å². The molecule has 5 heteroatoms. The summed E-state index contributed by atoms with van der Waals surface area (Å²) < 4.78 is 0.537. The summed E-state index contributed by atoms with van der Waals surface area (Å²) in [4.78, 5) is 28.2. The van der Waals surface area contributed by atoms with Crippen molar-refractivity contribution >= 4 is 11.9 Å². The van der Waals surface area contributed by atoms with E-state index in [-0.39, 0.29) is 5.97 Å². The maximum Gasteiger partial charge on any atom is 0.366 e. The van der Waals surface area contributed by atoms with Crippen LogP contribution in [0, 0.1) is 0 Å². The topological polar surface area (TPSA) is 63.6 Å². The van der Waals surface area contributed by atoms with Crippen LogP contribution in [0.1, 0.15) is 90.4 Å². The van der Waals surface area contributed by atoms with Crippen molar-refractivity contribution in [2.75, 3.05) is 19.6 Å². The molecular formula is C19H36NO4+. The van der Waals surface area contributed by atoms with Gasteiger partial charge in [0.15, 0.2) is 0 Å². The van der Waals surface area contributed by atoms with Gasteiger partial charge in [0.2, 0.25) is 0 Å². The SMILES string of the molecule is CC[N+]1(OC(=O)CCCCCCCCCCC(=O)O)CCCCC1. The van der Waals surface area contributed by atoms with Crippen molar-refractivity contribution in [1.29, 1.82) is 0 Å². The van der Waals surface area contributed by atoms with Gasteiger partial charge in [-0.2, -0.15) is 0 Å². The monoisotopic (exact) mass is 342 g/mol. The summed E-state index contributed by atoms with van der Waals surface area (Å²) in [6.45, 7) is 4.94. The number of piperidine rings is 1. The number of aliphatic carboxylic acids is 1. The maximum atomic E-state index is 12.1. The Hall–Kier alpha value is -1.10. The van der Waals surface area contributed by atoms with Crippen LogP contribution in [0.25, 0.3) is 0 Å². The Balaban J connectivity index is 1.96. The highest BCUT2D eigenvalue weighted by atomic mass is 16.7. The highest BCUT2D eigenvalue weighted by molar-refractivity contribution is 5.68. The minimum Gasteiger partial charge on any atom is -0.481 e. The molecule has 0 amide bonds. The van der Waals surface area contributed by atoms with Crippen molar-refractivity contribution in [2.45, 2.75) is 90.4 Å². The second-order valence-electron chi connectivity index (χ2n) is 7.07. The third-order valence-electron chi connectivity index (χ3n) is 5.02. The number of carboxylic acid groups (broad SMARTS) is 1. The molecule has 5 nitrogen and oxygen atoms in total. The fourth-order valence-corrected chi connectivity index (χ4v) is 3.43. The highest BCUT2D eigenvalue weighted by Crippen LogP contribution is 2.20. The molecule has 140 valence electrons. The third-order valence-corrected chi connectivity index (χ3v) is 5.02. The van der Waals surface area contributed by atoms with Gasteiger partial charge in [0.25, 0.3) is 0 Å². The molecule has 24 heavy (non-hydrogen) atoms. The van der Waals surface area contributed by atoms with E-state index in [4.69, 9.17) is 9.94 Å². The van der Waals surface area contributed by atoms with Crippen molar-refractivity contribution < 1.29 is 24.2 Å². The molecule has 0 unspecified atom stereocenters. The number of carboxylic acids is 1. The van der Waals surface area contributed by atoms with Gasteiger partial charge in [0.05, 0.1) is 6.42 Å². The summed E-state index contributed by atoms with van der Waals surface area (Å²) in [6, 6.07) is 0. The van der Waals surface area contributed by atoms with Crippen LogP contribution in [0.3, 0.4) is 0 Å². The molecule has 1 N–H and O–H groups in total. The number of carbonyl (C=O) groups is 2. The number of quaternary nitrogens is 1. The molecule has 0 aromatic carbocycles. The van der Waals surface area contributed by atoms with Gasteiger partial charge in [0.1, 0.15) is 19.6 Å². The summed E-state index contributed by atoms with van der Waals surface area (Å²) in [7, 11) is 0. The van der Waals surface area contributed by atoms with Gasteiger partial charge >= 0.3 is 11.9 Å². The van der Waals surface area contributed by atoms with Crippen LogP contribution in [0.5, 0.6) is 0 Å². The average molecular weight is 343 g/mol. The van der Waals surface area contributed by atoms with Crippen LogP contribution in [0.15, 0.2) is 0 Å². The summed E-state index contributed by atoms with van der Waals surface area (Å²) in [5, 5.41) is 8.55. The number of rotatable bonds is 13. The lowest BCUT2D eigenvalue weighted by molar-refractivity contribution is -1.09. The molecule has 0 aromatic heterocycles. The van der Waals surface area contributed by atoms with Crippen molar-refractivity contribution in [3.05, 3.63) is 0 Å². The van der Waals surface area contributed by atoms with Crippen molar-refractivity contribution in [1.82, 2.24) is 0 Å². The first-order valence-electron chi connectivity index (χ1n) is 9.88. The molecule has 1 aliphatic rings. The number of unbranched alkanes of at least 4 members (excludes halogenated alkanes) is 7. The molecule has 0 aromatic rings. The van der Waals surface area contributed by atoms with E-state index in [0.29, 0.717) is 17.5 Å². The fourth-order valence-electron chi connectivity index (χ4n) is 3.43. The number of likely N-dealkylation sites (tertiary alicyclic amines) is 1. The number of hydrogen-bond donors (Lipinski definition) is 1. The van der Waals surface area contributed by atoms with Crippen LogP contribution in [-0.2, 0) is 14.4 Å². The Morgan fingerprint density at radius 3 is 1.83 bits per heavy atom. The van der Waals surface area contributed by atoms with E-state index in [0.717, 1.165) is 71.0 Å². The molecule has 1 fully saturated rings. The standard InChI is InChI=1S/C19H35NO4/c1-2-20(16-12-9-13-17-20)24-19(23)15-11-8-6-4-3-5-7-10-14-18(21)22/h2-17H2,1H3/p+1. The molecule has 0 atom stereocenters. The molecule has 0 spiro atoms. The minimum absolute atomic E-state index is 0.0348. The van der Waals surface area contributed by atoms with E-state index < -0.39 is 5.97 Å². The molecule has 1 heterocycles. The third kappa shape index (κ3) is 9.26. The van der Waals surface area contributed by atoms with E-state index in [1.165, 1.54) is 19.3 Å². The molecule has 1 saturated heterocycles. The Morgan fingerprint density at radius 1 is 0.833 bits per heavy atom. The lowest BCUT2D eigenvalue weighted by Crippen LogP contribution is -2.52. The Bertz CT molecular complexity index is 364. The largest absolute Gasteiger partial charge is 0.481 e. The van der Waals surface area contributed by atoms with Crippen LogP contribution in [-0.4, -0.2) is 41.3 Å². The Labute approximate surface area is 146 Å². The molecule has 0 radical (unpaired) electrons. The molecule has 0 bridgehead atoms. The van der Waals surface area contributed by atoms with Gasteiger partial charge in [-0.15, -0.1) is 4.65 Å². The highest BCUT2D eigenvalue weighted by Gasteiger charge is 2.33. The van der Waals surface area contributed by atoms with Crippen LogP contribution < -0.4 is 0 Å². The quantitative estimate of drug-likeness (QED) is 0.397. The number of hydroxylamine groups is 3. The minimum atomic E-state index is -0.696. The zero-order valence-corrected chi connectivity index (χ0v) is 15.4. The van der Waals surface area contributed by atoms with Gasteiger partial charge in [0, 0.05) is 19.3 Å². The van der Waals surface area contributed by atoms with Crippen molar-refractivity contribution in [3.8, 4) is 0 Å². The summed E-state index contributed by atoms with van der Waals surface area (Å²) in [6.07, 6.45) is 12.8. The van der Waals surface area contributed by atoms with Crippen molar-refractivity contribution in [2.24, 2.45) is 0 Å². The zero-order valence-electron chi connectivity index (χ0n) is 15.4. The summed E-state index contributed by atoms with van der Waals surface area (Å²) in [5.41, 5.74) is 0. The van der Waals surface area contributed by atoms with Gasteiger partial charge in [-0.3, -0.25) is 9.63 Å². The smallest absolute Gasteiger partial charge is 0.366 e. The lowest BCUT2D eigenvalue weighted by Gasteiger charge is -2.36. The first-order chi connectivity index (χ1) is 11.6. The second kappa shape index (κ2) is 12.3. The summed E-state index contributed by atoms with van der Waals surface area (Å²) in [5.74, 6) is -0.731. The maximum absolute atomic E-state index is 12.1. The normalized spacial score (nSPS) is 16.7. The van der Waals surface area contributed by atoms with E-state index in [9.17, 15) is 9.59 Å². The molecule has 1 rings (SSSR count). The predicted molar refractivity (Wildman–Crippen MR) is 94.3 cm³/mol. The molecular weight excluding hydrogens is 306 g/mol. The Morgan fingerprint density at radius 2 is 1.33 bits per heavy atom. The van der Waals surface area contributed by atoms with E-state index >= 15 is 0 Å². The zero-order chi connectivity index (χ0) is 17.7. The van der Waals surface area contributed by atoms with Gasteiger partial charge in [-0.1, -0.05) is 38.5 Å². The molecule has 0 aliphatic carbocycles. The predicted octanol–water partition coefficient (Wildman–Crippen LogP) is 4.45. The van der Waals surface area contributed by atoms with Crippen LogP contribution in [0.4, 0.5) is 0 Å². The van der Waals surface area contributed by atoms with Gasteiger partial charge in [-0.25, -0.2) is 4.79 Å². The number of nitrogens with zero attached hydrogens (tertiary/aromatic N) is 1. The first-order valence-corrected chi connectivity index (χ1v) is 9.88. The molecule has 1 aliphatic heterocycles. The second-order valence-corrected chi connectivity index (χ2v) is 7.07. The fraction of sp³-hybridized carbons (Fsp3) is 0.895. The van der Waals surface area contributed by atoms with Gasteiger partial charge < -0.3 is 5.11 Å². The van der Waals surface area contributed by atoms with E-state index in [1.54, 1.807) is 0 Å². The summed E-state index contributed by atoms with van der Waals surface area (Å²) >= 11 is 0. The first kappa shape index (κ1) is 20.9. The average Bonchev–Trinajstić information content (AvgIpc) is 2.57. The Kier molecular flexibility index (Phi) is 10.7.